The fourth-order valence-electron chi connectivity index (χ4n) is 0.646. The molecule has 2 nitrogen and oxygen atoms in total. The highest BCUT2D eigenvalue weighted by molar-refractivity contribution is 5.65. The van der Waals surface area contributed by atoms with Crippen LogP contribution in [0.4, 0.5) is 0 Å². The summed E-state index contributed by atoms with van der Waals surface area (Å²) >= 11 is 0. The van der Waals surface area contributed by atoms with Gasteiger partial charge in [-0.1, -0.05) is 12.2 Å². The molecule has 0 atom stereocenters. The summed E-state index contributed by atoms with van der Waals surface area (Å²) in [5, 5.41) is 0. The van der Waals surface area contributed by atoms with Crippen molar-refractivity contribution in [1.29, 1.82) is 0 Å². The molecule has 0 aliphatic rings. The molecule has 0 saturated heterocycles. The Morgan fingerprint density at radius 2 is 2.18 bits per heavy atom. The van der Waals surface area contributed by atoms with E-state index in [1.807, 2.05) is 12.1 Å². The van der Waals surface area contributed by atoms with Gasteiger partial charge in [0.2, 0.25) is 0 Å². The van der Waals surface area contributed by atoms with Gasteiger partial charge < -0.3 is 4.42 Å². The second kappa shape index (κ2) is 4.28. The molecule has 0 amide bonds. The van der Waals surface area contributed by atoms with Crippen LogP contribution in [0.15, 0.2) is 41.0 Å². The topological polar surface area (TPSA) is 30.2 Å². The van der Waals surface area contributed by atoms with Gasteiger partial charge in [0.1, 0.15) is 12.0 Å². The van der Waals surface area contributed by atoms with E-state index in [1.54, 1.807) is 24.5 Å². The molecule has 0 N–H and O–H groups in total. The zero-order valence-corrected chi connectivity index (χ0v) is 5.94. The molecule has 2 heteroatoms. The summed E-state index contributed by atoms with van der Waals surface area (Å²) in [6, 6.07) is 3.65. The maximum absolute atomic E-state index is 9.82. The first-order valence-electron chi connectivity index (χ1n) is 3.25. The molecule has 0 radical (unpaired) electrons. The van der Waals surface area contributed by atoms with E-state index >= 15 is 0 Å². The van der Waals surface area contributed by atoms with Gasteiger partial charge in [0.15, 0.2) is 0 Å². The van der Waals surface area contributed by atoms with E-state index in [2.05, 4.69) is 0 Å². The number of carbonyl (C=O) groups is 1. The van der Waals surface area contributed by atoms with E-state index < -0.39 is 0 Å². The summed E-state index contributed by atoms with van der Waals surface area (Å²) in [6.45, 7) is 0. The molecule has 1 aromatic rings. The Kier molecular flexibility index (Phi) is 2.93. The Morgan fingerprint density at radius 3 is 2.82 bits per heavy atom. The zero-order chi connectivity index (χ0) is 7.94. The van der Waals surface area contributed by atoms with Crippen LogP contribution in [0, 0.1) is 0 Å². The quantitative estimate of drug-likeness (QED) is 0.373. The largest absolute Gasteiger partial charge is 0.465 e. The molecule has 0 fully saturated rings. The zero-order valence-electron chi connectivity index (χ0n) is 5.94. The number of rotatable bonds is 3. The third-order valence-corrected chi connectivity index (χ3v) is 1.10. The van der Waals surface area contributed by atoms with Crippen molar-refractivity contribution in [1.82, 2.24) is 0 Å². The molecule has 56 valence electrons. The third-order valence-electron chi connectivity index (χ3n) is 1.10. The molecular weight excluding hydrogens is 140 g/mol. The van der Waals surface area contributed by atoms with Crippen molar-refractivity contribution < 1.29 is 9.21 Å². The summed E-state index contributed by atoms with van der Waals surface area (Å²) < 4.78 is 5.00. The van der Waals surface area contributed by atoms with Crippen LogP contribution in [-0.2, 0) is 4.79 Å². The van der Waals surface area contributed by atoms with E-state index in [0.29, 0.717) is 0 Å². The molecule has 0 bridgehead atoms. The van der Waals surface area contributed by atoms with Gasteiger partial charge in [-0.15, -0.1) is 0 Å². The second-order valence-corrected chi connectivity index (χ2v) is 1.90. The number of carbonyl (C=O) groups excluding carboxylic acids is 1. The highest BCUT2D eigenvalue weighted by atomic mass is 16.3. The molecule has 0 spiro atoms. The van der Waals surface area contributed by atoms with Crippen molar-refractivity contribution >= 4 is 12.4 Å². The standard InChI is InChI=1S/C9H8O2/c10-7-3-1-2-5-9-6-4-8-11-9/h1-8H. The molecule has 0 unspecified atom stereocenters. The van der Waals surface area contributed by atoms with Crippen molar-refractivity contribution in [2.75, 3.05) is 0 Å². The fourth-order valence-corrected chi connectivity index (χ4v) is 0.646. The normalized spacial score (nSPS) is 11.3. The Morgan fingerprint density at radius 1 is 1.27 bits per heavy atom. The van der Waals surface area contributed by atoms with Crippen molar-refractivity contribution in [2.24, 2.45) is 0 Å². The predicted octanol–water partition coefficient (Wildman–Crippen LogP) is 2.05. The van der Waals surface area contributed by atoms with Crippen molar-refractivity contribution in [2.45, 2.75) is 0 Å². The Balaban J connectivity index is 2.49. The SMILES string of the molecule is O=CC=CC=Cc1ccco1. The average Bonchev–Trinajstić information content (AvgIpc) is 2.50. The van der Waals surface area contributed by atoms with Gasteiger partial charge in [-0.05, 0) is 24.3 Å². The maximum Gasteiger partial charge on any atom is 0.142 e. The minimum Gasteiger partial charge on any atom is -0.465 e. The van der Waals surface area contributed by atoms with Crippen LogP contribution in [0.5, 0.6) is 0 Å². The lowest BCUT2D eigenvalue weighted by Crippen LogP contribution is -1.59. The predicted molar refractivity (Wildman–Crippen MR) is 42.9 cm³/mol. The van der Waals surface area contributed by atoms with Gasteiger partial charge in [-0.3, -0.25) is 4.79 Å². The Bertz CT molecular complexity index is 255. The third kappa shape index (κ3) is 2.67. The number of hydrogen-bond acceptors (Lipinski definition) is 2. The molecule has 0 aliphatic heterocycles. The van der Waals surface area contributed by atoms with Crippen molar-refractivity contribution in [3.63, 3.8) is 0 Å². The summed E-state index contributed by atoms with van der Waals surface area (Å²) in [7, 11) is 0. The minimum absolute atomic E-state index is 0.729. The van der Waals surface area contributed by atoms with Gasteiger partial charge in [-0.25, -0.2) is 0 Å². The van der Waals surface area contributed by atoms with Crippen LogP contribution >= 0.6 is 0 Å². The Labute approximate surface area is 64.8 Å². The van der Waals surface area contributed by atoms with E-state index in [-0.39, 0.29) is 0 Å². The minimum atomic E-state index is 0.729. The summed E-state index contributed by atoms with van der Waals surface area (Å²) in [6.07, 6.45) is 8.91. The van der Waals surface area contributed by atoms with E-state index in [4.69, 9.17) is 4.42 Å². The van der Waals surface area contributed by atoms with Gasteiger partial charge in [0.05, 0.1) is 6.26 Å². The maximum atomic E-state index is 9.82. The molecule has 1 aromatic heterocycles. The van der Waals surface area contributed by atoms with Crippen LogP contribution in [0.1, 0.15) is 5.76 Å². The fraction of sp³-hybridized carbons (Fsp3) is 0. The highest BCUT2D eigenvalue weighted by Crippen LogP contribution is 2.01. The highest BCUT2D eigenvalue weighted by Gasteiger charge is 1.83. The lowest BCUT2D eigenvalue weighted by atomic mass is 10.4. The molecule has 11 heavy (non-hydrogen) atoms. The van der Waals surface area contributed by atoms with Gasteiger partial charge in [0.25, 0.3) is 0 Å². The van der Waals surface area contributed by atoms with Crippen molar-refractivity contribution in [3.8, 4) is 0 Å². The van der Waals surface area contributed by atoms with Crippen LogP contribution in [0.2, 0.25) is 0 Å². The number of allylic oxidation sites excluding steroid dienone is 3. The first kappa shape index (κ1) is 7.54. The van der Waals surface area contributed by atoms with E-state index in [0.717, 1.165) is 12.0 Å². The Hall–Kier alpha value is -1.57. The number of hydrogen-bond donors (Lipinski definition) is 0. The molecular formula is C9H8O2. The molecule has 1 rings (SSSR count). The number of furan rings is 1. The summed E-state index contributed by atoms with van der Waals surface area (Å²) in [5.41, 5.74) is 0. The first-order chi connectivity index (χ1) is 5.43. The average molecular weight is 148 g/mol. The summed E-state index contributed by atoms with van der Waals surface area (Å²) in [4.78, 5) is 9.82. The van der Waals surface area contributed by atoms with E-state index in [9.17, 15) is 4.79 Å². The molecule has 0 aliphatic carbocycles. The van der Waals surface area contributed by atoms with Crippen LogP contribution in [0.25, 0.3) is 6.08 Å². The summed E-state index contributed by atoms with van der Waals surface area (Å²) in [5.74, 6) is 0.778. The number of aldehydes is 1. The molecule has 0 saturated carbocycles. The smallest absolute Gasteiger partial charge is 0.142 e. The molecule has 1 heterocycles. The van der Waals surface area contributed by atoms with Gasteiger partial charge >= 0.3 is 0 Å². The lowest BCUT2D eigenvalue weighted by molar-refractivity contribution is -0.104. The van der Waals surface area contributed by atoms with Crippen molar-refractivity contribution in [3.05, 3.63) is 42.4 Å². The first-order valence-corrected chi connectivity index (χ1v) is 3.25. The lowest BCUT2D eigenvalue weighted by Gasteiger charge is -1.78. The van der Waals surface area contributed by atoms with Crippen LogP contribution in [-0.4, -0.2) is 6.29 Å². The van der Waals surface area contributed by atoms with Gasteiger partial charge in [-0.2, -0.15) is 0 Å². The molecule has 0 aromatic carbocycles. The van der Waals surface area contributed by atoms with Crippen LogP contribution in [0.3, 0.4) is 0 Å². The van der Waals surface area contributed by atoms with E-state index in [1.165, 1.54) is 6.08 Å². The monoisotopic (exact) mass is 148 g/mol. The second-order valence-electron chi connectivity index (χ2n) is 1.90. The van der Waals surface area contributed by atoms with Gasteiger partial charge in [0, 0.05) is 0 Å². The van der Waals surface area contributed by atoms with Crippen LogP contribution < -0.4 is 0 Å².